The van der Waals surface area contributed by atoms with E-state index in [4.69, 9.17) is 38.9 Å². The Kier molecular flexibility index (Phi) is 15.8. The molecule has 0 bridgehead atoms. The number of ether oxygens (including phenoxy) is 7. The van der Waals surface area contributed by atoms with Crippen molar-refractivity contribution >= 4 is 17.7 Å². The van der Waals surface area contributed by atoms with Crippen LogP contribution in [0.1, 0.15) is 20.8 Å². The van der Waals surface area contributed by atoms with Crippen LogP contribution in [0.3, 0.4) is 0 Å². The van der Waals surface area contributed by atoms with Crippen LogP contribution in [0.25, 0.3) is 0 Å². The molecule has 0 saturated carbocycles. The summed E-state index contributed by atoms with van der Waals surface area (Å²) in [7, 11) is 0. The van der Waals surface area contributed by atoms with Gasteiger partial charge in [0.05, 0.1) is 32.5 Å². The van der Waals surface area contributed by atoms with Crippen molar-refractivity contribution in [1.29, 1.82) is 0 Å². The summed E-state index contributed by atoms with van der Waals surface area (Å²) < 4.78 is 40.3. The second-order valence-corrected chi connectivity index (χ2v) is 13.4. The Hall–Kier alpha value is -2.31. The van der Waals surface area contributed by atoms with Crippen LogP contribution in [-0.2, 0) is 47.5 Å². The Bertz CT molecular complexity index is 1260. The highest BCUT2D eigenvalue weighted by Gasteiger charge is 2.56. The van der Waals surface area contributed by atoms with E-state index in [9.17, 15) is 65.4 Å². The van der Waals surface area contributed by atoms with E-state index in [-0.39, 0.29) is 0 Å². The molecule has 20 atom stereocenters. The Balaban J connectivity index is 1.59. The maximum Gasteiger partial charge on any atom is 0.217 e. The van der Waals surface area contributed by atoms with Crippen LogP contribution in [0.5, 0.6) is 0 Å². The lowest BCUT2D eigenvalue weighted by atomic mass is 9.93. The largest absolute Gasteiger partial charge is 0.394 e. The van der Waals surface area contributed by atoms with Gasteiger partial charge in [0.1, 0.15) is 91.4 Å². The first-order chi connectivity index (χ1) is 25.5. The van der Waals surface area contributed by atoms with Gasteiger partial charge in [-0.2, -0.15) is 0 Å². The van der Waals surface area contributed by atoms with Gasteiger partial charge in [0.15, 0.2) is 25.2 Å². The minimum atomic E-state index is -1.87. The molecule has 4 heterocycles. The molecule has 0 aliphatic carbocycles. The number of hydrogen-bond donors (Lipinski definition) is 14. The van der Waals surface area contributed by atoms with Crippen molar-refractivity contribution in [1.82, 2.24) is 16.0 Å². The van der Waals surface area contributed by atoms with Crippen LogP contribution in [0, 0.1) is 0 Å². The molecule has 4 aliphatic heterocycles. The molecule has 3 unspecified atom stereocenters. The van der Waals surface area contributed by atoms with Gasteiger partial charge >= 0.3 is 0 Å². The van der Waals surface area contributed by atoms with Gasteiger partial charge in [-0.15, -0.1) is 0 Å². The predicted molar refractivity (Wildman–Crippen MR) is 171 cm³/mol. The van der Waals surface area contributed by atoms with Gasteiger partial charge in [0, 0.05) is 20.8 Å². The van der Waals surface area contributed by atoms with E-state index in [1.807, 2.05) is 0 Å². The number of nitrogens with two attached hydrogens (primary N) is 1. The number of aliphatic hydroxyl groups excluding tert-OH is 10. The predicted octanol–water partition coefficient (Wildman–Crippen LogP) is -9.35. The second kappa shape index (κ2) is 19.2. The highest BCUT2D eigenvalue weighted by Crippen LogP contribution is 2.34. The maximum atomic E-state index is 12.3. The van der Waals surface area contributed by atoms with Crippen molar-refractivity contribution in [3.8, 4) is 0 Å². The van der Waals surface area contributed by atoms with E-state index >= 15 is 0 Å². The van der Waals surface area contributed by atoms with Crippen LogP contribution in [0.4, 0.5) is 0 Å². The van der Waals surface area contributed by atoms with Crippen molar-refractivity contribution in [3.63, 3.8) is 0 Å². The van der Waals surface area contributed by atoms with Gasteiger partial charge in [-0.05, 0) is 0 Å². The lowest BCUT2D eigenvalue weighted by molar-refractivity contribution is -0.361. The average molecular weight is 789 g/mol. The summed E-state index contributed by atoms with van der Waals surface area (Å²) in [6, 6.07) is -6.00. The first kappa shape index (κ1) is 44.4. The number of aliphatic hydroxyl groups is 10. The lowest BCUT2D eigenvalue weighted by Crippen LogP contribution is -2.71. The summed E-state index contributed by atoms with van der Waals surface area (Å²) in [4.78, 5) is 36.3. The number of rotatable bonds is 13. The molecule has 4 saturated heterocycles. The third kappa shape index (κ3) is 9.79. The maximum absolute atomic E-state index is 12.3. The van der Waals surface area contributed by atoms with Gasteiger partial charge < -0.3 is 106 Å². The normalized spacial score (nSPS) is 45.7. The van der Waals surface area contributed by atoms with Crippen LogP contribution in [-0.4, -0.2) is 218 Å². The molecule has 24 nitrogen and oxygen atoms in total. The number of hydrogen-bond acceptors (Lipinski definition) is 21. The molecule has 15 N–H and O–H groups in total. The van der Waals surface area contributed by atoms with Gasteiger partial charge in [-0.1, -0.05) is 0 Å². The minimum absolute atomic E-state index is 0.655. The van der Waals surface area contributed by atoms with E-state index in [1.165, 1.54) is 0 Å². The van der Waals surface area contributed by atoms with Gasteiger partial charge in [0.2, 0.25) is 17.7 Å². The van der Waals surface area contributed by atoms with Crippen molar-refractivity contribution in [2.45, 2.75) is 143 Å². The summed E-state index contributed by atoms with van der Waals surface area (Å²) >= 11 is 0. The molecule has 0 radical (unpaired) electrons. The standard InChI is InChI=1S/C30H52N4O20/c1-8(39)32-16-21(44)24(12(5-36)48-27(16)47)53-29-18(34-10(3)41)23(46)26(14(7-38)51-29)54-30-17(33-9(2)40)22(45)25(13(6-37)50-30)52-28-15(31)20(43)19(42)11(4-35)49-28/h11-30,35-38,42-47H,4-7,31H2,1-3H3,(H,32,39)(H,33,40)(H,34,41)/t11-,12-,13-,14-,15-,16-,17-,18-,19-,20-,21?,22?,23-,24-,25-,26-,27?,28+,29+,30+/m1/s1. The molecule has 312 valence electrons. The van der Waals surface area contributed by atoms with Crippen molar-refractivity contribution in [2.75, 3.05) is 26.4 Å². The van der Waals surface area contributed by atoms with E-state index < -0.39 is 167 Å². The fourth-order valence-electron chi connectivity index (χ4n) is 6.81. The number of nitrogens with one attached hydrogen (secondary N) is 3. The fourth-order valence-corrected chi connectivity index (χ4v) is 6.81. The summed E-state index contributed by atoms with van der Waals surface area (Å²) in [5.41, 5.74) is 5.98. The van der Waals surface area contributed by atoms with Crippen LogP contribution < -0.4 is 21.7 Å². The molecule has 4 rings (SSSR count). The molecular weight excluding hydrogens is 736 g/mol. The quantitative estimate of drug-likeness (QED) is 0.0824. The van der Waals surface area contributed by atoms with E-state index in [0.29, 0.717) is 0 Å². The highest BCUT2D eigenvalue weighted by atomic mass is 16.8. The van der Waals surface area contributed by atoms with Gasteiger partial charge in [0.25, 0.3) is 0 Å². The SMILES string of the molecule is CC(=O)N[C@H]1C(O)O[C@H](CO)[C@@H](O[C@@H]2O[C@H](CO)[C@@H](O[C@@H]3O[C@H](CO)[C@@H](O[C@@H]4O[C@H](CO)[C@@H](O)[C@H](O)[C@H]4N)C(O)[C@H]3NC(C)=O)[C@H](O)[C@H]2NC(C)=O)C1O. The zero-order chi connectivity index (χ0) is 40.2. The van der Waals surface area contributed by atoms with E-state index in [2.05, 4.69) is 16.0 Å². The average Bonchev–Trinajstić information content (AvgIpc) is 3.12. The van der Waals surface area contributed by atoms with Gasteiger partial charge in [-0.25, -0.2) is 0 Å². The molecule has 0 aromatic heterocycles. The minimum Gasteiger partial charge on any atom is -0.394 e. The first-order valence-corrected chi connectivity index (χ1v) is 17.1. The summed E-state index contributed by atoms with van der Waals surface area (Å²) in [6.45, 7) is -0.0467. The Labute approximate surface area is 308 Å². The first-order valence-electron chi connectivity index (χ1n) is 17.1. The van der Waals surface area contributed by atoms with Crippen molar-refractivity contribution in [3.05, 3.63) is 0 Å². The summed E-state index contributed by atoms with van der Waals surface area (Å²) in [5.74, 6) is -2.11. The smallest absolute Gasteiger partial charge is 0.217 e. The molecule has 4 aliphatic rings. The molecule has 54 heavy (non-hydrogen) atoms. The third-order valence-corrected chi connectivity index (χ3v) is 9.49. The Morgan fingerprint density at radius 3 is 1.22 bits per heavy atom. The Morgan fingerprint density at radius 2 is 0.833 bits per heavy atom. The zero-order valence-corrected chi connectivity index (χ0v) is 29.5. The van der Waals surface area contributed by atoms with Crippen molar-refractivity contribution in [2.24, 2.45) is 5.73 Å². The van der Waals surface area contributed by atoms with Crippen LogP contribution in [0.15, 0.2) is 0 Å². The molecule has 0 spiro atoms. The molecule has 4 fully saturated rings. The third-order valence-electron chi connectivity index (χ3n) is 9.49. The molecule has 24 heteroatoms. The molecule has 0 aromatic rings. The zero-order valence-electron chi connectivity index (χ0n) is 29.5. The second-order valence-electron chi connectivity index (χ2n) is 13.4. The highest BCUT2D eigenvalue weighted by molar-refractivity contribution is 5.74. The summed E-state index contributed by atoms with van der Waals surface area (Å²) in [6.07, 6.45) is -26.1. The van der Waals surface area contributed by atoms with Gasteiger partial charge in [-0.3, -0.25) is 14.4 Å². The molecule has 0 aromatic carbocycles. The van der Waals surface area contributed by atoms with E-state index in [0.717, 1.165) is 20.8 Å². The van der Waals surface area contributed by atoms with Crippen molar-refractivity contribution < 1.29 is 98.6 Å². The lowest BCUT2D eigenvalue weighted by Gasteiger charge is -2.50. The van der Waals surface area contributed by atoms with E-state index in [1.54, 1.807) is 0 Å². The molecular formula is C30H52N4O20. The molecule has 3 amide bonds. The topological polar surface area (TPSA) is 380 Å². The number of carbonyl (C=O) groups is 3. The number of carbonyl (C=O) groups excluding carboxylic acids is 3. The summed E-state index contributed by atoms with van der Waals surface area (Å²) in [5, 5.41) is 112. The Morgan fingerprint density at radius 1 is 0.500 bits per heavy atom. The van der Waals surface area contributed by atoms with Crippen LogP contribution >= 0.6 is 0 Å². The monoisotopic (exact) mass is 788 g/mol. The van der Waals surface area contributed by atoms with Crippen LogP contribution in [0.2, 0.25) is 0 Å². The fraction of sp³-hybridized carbons (Fsp3) is 0.900. The number of amides is 3.